The normalized spacial score (nSPS) is 12.2. The van der Waals surface area contributed by atoms with E-state index in [0.29, 0.717) is 0 Å². The van der Waals surface area contributed by atoms with E-state index in [1.54, 1.807) is 0 Å². The van der Waals surface area contributed by atoms with Crippen LogP contribution in [0.25, 0.3) is 0 Å². The Morgan fingerprint density at radius 1 is 1.10 bits per heavy atom. The van der Waals surface area contributed by atoms with E-state index in [9.17, 15) is 0 Å². The Labute approximate surface area is 136 Å². The Kier molecular flexibility index (Phi) is 5.64. The Bertz CT molecular complexity index is 549. The molecule has 0 aromatic heterocycles. The minimum atomic E-state index is -0.000972. The van der Waals surface area contributed by atoms with Crippen molar-refractivity contribution in [1.29, 1.82) is 0 Å². The second-order valence-corrected chi connectivity index (χ2v) is 6.30. The Morgan fingerprint density at radius 3 is 2.25 bits per heavy atom. The molecule has 0 heterocycles. The highest BCUT2D eigenvalue weighted by Gasteiger charge is 2.13. The molecule has 2 aromatic rings. The Morgan fingerprint density at radius 2 is 1.70 bits per heavy atom. The van der Waals surface area contributed by atoms with E-state index in [-0.39, 0.29) is 6.10 Å². The van der Waals surface area contributed by atoms with Gasteiger partial charge in [0.25, 0.3) is 0 Å². The standard InChI is InChI=1S/C16H17Br2NO/c1-11(13-6-4-3-5-7-13)20-16-14(17)8-12(10-19-2)9-15(16)18/h3-9,11,19H,10H2,1-2H3. The van der Waals surface area contributed by atoms with Gasteiger partial charge in [-0.15, -0.1) is 0 Å². The maximum atomic E-state index is 6.08. The molecule has 0 fully saturated rings. The molecule has 20 heavy (non-hydrogen) atoms. The van der Waals surface area contributed by atoms with Gasteiger partial charge in [0.2, 0.25) is 0 Å². The average Bonchev–Trinajstić information content (AvgIpc) is 2.44. The summed E-state index contributed by atoms with van der Waals surface area (Å²) in [6.07, 6.45) is -0.000972. The van der Waals surface area contributed by atoms with Crippen LogP contribution in [0.5, 0.6) is 5.75 Å². The van der Waals surface area contributed by atoms with E-state index >= 15 is 0 Å². The number of halogens is 2. The lowest BCUT2D eigenvalue weighted by molar-refractivity contribution is 0.224. The van der Waals surface area contributed by atoms with Crippen molar-refractivity contribution in [2.75, 3.05) is 7.05 Å². The molecule has 0 spiro atoms. The second-order valence-electron chi connectivity index (χ2n) is 4.59. The van der Waals surface area contributed by atoms with E-state index in [1.807, 2.05) is 25.2 Å². The van der Waals surface area contributed by atoms with Gasteiger partial charge in [0, 0.05) is 6.54 Å². The third-order valence-corrected chi connectivity index (χ3v) is 4.18. The molecule has 1 N–H and O–H groups in total. The van der Waals surface area contributed by atoms with Crippen molar-refractivity contribution >= 4 is 31.9 Å². The predicted molar refractivity (Wildman–Crippen MR) is 90.1 cm³/mol. The smallest absolute Gasteiger partial charge is 0.148 e. The minimum Gasteiger partial charge on any atom is -0.484 e. The van der Waals surface area contributed by atoms with Crippen LogP contribution in [0.1, 0.15) is 24.2 Å². The lowest BCUT2D eigenvalue weighted by Gasteiger charge is -2.18. The van der Waals surface area contributed by atoms with E-state index in [1.165, 1.54) is 5.56 Å². The summed E-state index contributed by atoms with van der Waals surface area (Å²) in [5, 5.41) is 3.14. The molecule has 0 aliphatic rings. The van der Waals surface area contributed by atoms with Gasteiger partial charge in [0.05, 0.1) is 8.95 Å². The fourth-order valence-corrected chi connectivity index (χ4v) is 3.47. The first-order chi connectivity index (χ1) is 9.61. The average molecular weight is 399 g/mol. The highest BCUT2D eigenvalue weighted by Crippen LogP contribution is 2.37. The van der Waals surface area contributed by atoms with Crippen LogP contribution in [0, 0.1) is 0 Å². The monoisotopic (exact) mass is 397 g/mol. The van der Waals surface area contributed by atoms with Crippen LogP contribution in [0.4, 0.5) is 0 Å². The van der Waals surface area contributed by atoms with E-state index in [2.05, 4.69) is 68.4 Å². The number of rotatable bonds is 5. The predicted octanol–water partition coefficient (Wildman–Crippen LogP) is 5.07. The van der Waals surface area contributed by atoms with Crippen LogP contribution in [0.2, 0.25) is 0 Å². The van der Waals surface area contributed by atoms with Crippen molar-refractivity contribution in [1.82, 2.24) is 5.32 Å². The number of ether oxygens (including phenoxy) is 1. The molecular formula is C16H17Br2NO. The van der Waals surface area contributed by atoms with Crippen LogP contribution in [0.15, 0.2) is 51.4 Å². The van der Waals surface area contributed by atoms with Gasteiger partial charge >= 0.3 is 0 Å². The van der Waals surface area contributed by atoms with Gasteiger partial charge < -0.3 is 10.1 Å². The molecule has 1 unspecified atom stereocenters. The van der Waals surface area contributed by atoms with E-state index in [4.69, 9.17) is 4.74 Å². The van der Waals surface area contributed by atoms with Crippen molar-refractivity contribution in [3.05, 3.63) is 62.5 Å². The molecule has 0 saturated carbocycles. The van der Waals surface area contributed by atoms with Gasteiger partial charge in [-0.25, -0.2) is 0 Å². The molecular weight excluding hydrogens is 382 g/mol. The van der Waals surface area contributed by atoms with Crippen molar-refractivity contribution in [2.45, 2.75) is 19.6 Å². The quantitative estimate of drug-likeness (QED) is 0.758. The molecule has 0 saturated heterocycles. The zero-order valence-electron chi connectivity index (χ0n) is 11.5. The molecule has 106 valence electrons. The molecule has 4 heteroatoms. The second kappa shape index (κ2) is 7.25. The van der Waals surface area contributed by atoms with Crippen molar-refractivity contribution in [2.24, 2.45) is 0 Å². The first-order valence-electron chi connectivity index (χ1n) is 6.46. The Balaban J connectivity index is 2.21. The Hall–Kier alpha value is -0.840. The van der Waals surface area contributed by atoms with E-state index < -0.39 is 0 Å². The highest BCUT2D eigenvalue weighted by atomic mass is 79.9. The molecule has 0 amide bonds. The van der Waals surface area contributed by atoms with Crippen molar-refractivity contribution < 1.29 is 4.74 Å². The molecule has 2 aromatic carbocycles. The van der Waals surface area contributed by atoms with Crippen LogP contribution < -0.4 is 10.1 Å². The number of benzene rings is 2. The largest absolute Gasteiger partial charge is 0.484 e. The SMILES string of the molecule is CNCc1cc(Br)c(OC(C)c2ccccc2)c(Br)c1. The number of hydrogen-bond donors (Lipinski definition) is 1. The lowest BCUT2D eigenvalue weighted by atomic mass is 10.1. The summed E-state index contributed by atoms with van der Waals surface area (Å²) in [5.74, 6) is 0.834. The summed E-state index contributed by atoms with van der Waals surface area (Å²) in [7, 11) is 1.93. The molecule has 1 atom stereocenters. The zero-order valence-corrected chi connectivity index (χ0v) is 14.7. The summed E-state index contributed by atoms with van der Waals surface area (Å²) in [6.45, 7) is 2.88. The van der Waals surface area contributed by atoms with Gasteiger partial charge in [-0.3, -0.25) is 0 Å². The van der Waals surface area contributed by atoms with Crippen molar-refractivity contribution in [3.63, 3.8) is 0 Å². The van der Waals surface area contributed by atoms with Crippen LogP contribution >= 0.6 is 31.9 Å². The summed E-state index contributed by atoms with van der Waals surface area (Å²) in [4.78, 5) is 0. The van der Waals surface area contributed by atoms with Crippen LogP contribution in [-0.2, 0) is 6.54 Å². The van der Waals surface area contributed by atoms with Gasteiger partial charge in [0.1, 0.15) is 11.9 Å². The molecule has 0 bridgehead atoms. The fraction of sp³-hybridized carbons (Fsp3) is 0.250. The topological polar surface area (TPSA) is 21.3 Å². The van der Waals surface area contributed by atoms with Crippen LogP contribution in [0.3, 0.4) is 0 Å². The lowest BCUT2D eigenvalue weighted by Crippen LogP contribution is -2.07. The fourth-order valence-electron chi connectivity index (χ4n) is 2.00. The van der Waals surface area contributed by atoms with Crippen molar-refractivity contribution in [3.8, 4) is 5.75 Å². The van der Waals surface area contributed by atoms with E-state index in [0.717, 1.165) is 26.8 Å². The summed E-state index contributed by atoms with van der Waals surface area (Å²) < 4.78 is 8.00. The summed E-state index contributed by atoms with van der Waals surface area (Å²) >= 11 is 7.17. The van der Waals surface area contributed by atoms with Gasteiger partial charge in [-0.2, -0.15) is 0 Å². The molecule has 2 rings (SSSR count). The van der Waals surface area contributed by atoms with Crippen LogP contribution in [-0.4, -0.2) is 7.05 Å². The molecule has 0 aliphatic heterocycles. The maximum absolute atomic E-state index is 6.08. The molecule has 0 radical (unpaired) electrons. The first-order valence-corrected chi connectivity index (χ1v) is 8.04. The molecule has 2 nitrogen and oxygen atoms in total. The third-order valence-electron chi connectivity index (χ3n) is 3.00. The highest BCUT2D eigenvalue weighted by molar-refractivity contribution is 9.11. The van der Waals surface area contributed by atoms with Gasteiger partial charge in [-0.1, -0.05) is 30.3 Å². The summed E-state index contributed by atoms with van der Waals surface area (Å²) in [6, 6.07) is 14.4. The minimum absolute atomic E-state index is 0.000972. The molecule has 0 aliphatic carbocycles. The first kappa shape index (κ1) is 15.5. The number of nitrogens with one attached hydrogen (secondary N) is 1. The third kappa shape index (κ3) is 3.84. The summed E-state index contributed by atoms with van der Waals surface area (Å²) in [5.41, 5.74) is 2.36. The zero-order chi connectivity index (χ0) is 14.5. The maximum Gasteiger partial charge on any atom is 0.148 e. The number of hydrogen-bond acceptors (Lipinski definition) is 2. The van der Waals surface area contributed by atoms with Gasteiger partial charge in [0.15, 0.2) is 0 Å². The van der Waals surface area contributed by atoms with Gasteiger partial charge in [-0.05, 0) is 69.1 Å².